The highest BCUT2D eigenvalue weighted by Gasteiger charge is 2.11. The number of rotatable bonds is 4. The third kappa shape index (κ3) is 4.97. The molecule has 10 heteroatoms. The van der Waals surface area contributed by atoms with E-state index in [1.165, 1.54) is 22.7 Å². The molecule has 0 atom stereocenters. The lowest BCUT2D eigenvalue weighted by atomic mass is 10.2. The number of benzene rings is 2. The van der Waals surface area contributed by atoms with Crippen LogP contribution < -0.4 is 9.47 Å². The van der Waals surface area contributed by atoms with Crippen molar-refractivity contribution < 1.29 is 24.2 Å². The van der Waals surface area contributed by atoms with Crippen LogP contribution in [0.4, 0.5) is 0 Å². The molecule has 0 spiro atoms. The fourth-order valence-electron chi connectivity index (χ4n) is 2.60. The summed E-state index contributed by atoms with van der Waals surface area (Å²) in [6, 6.07) is 10.9. The van der Waals surface area contributed by atoms with Crippen LogP contribution in [0.3, 0.4) is 0 Å². The van der Waals surface area contributed by atoms with Gasteiger partial charge in [-0.3, -0.25) is 4.79 Å². The Morgan fingerprint density at radius 1 is 0.833 bits per heavy atom. The van der Waals surface area contributed by atoms with E-state index in [-0.39, 0.29) is 0 Å². The zero-order valence-corrected chi connectivity index (χ0v) is 21.1. The molecule has 5 nitrogen and oxygen atoms in total. The van der Waals surface area contributed by atoms with E-state index >= 15 is 0 Å². The maximum absolute atomic E-state index is 11.0. The molecular weight excluding hydrogens is 580 g/mol. The summed E-state index contributed by atoms with van der Waals surface area (Å²) in [4.78, 5) is 22.7. The van der Waals surface area contributed by atoms with Crippen molar-refractivity contribution >= 4 is 97.5 Å². The van der Waals surface area contributed by atoms with Crippen LogP contribution in [-0.2, 0) is 0 Å². The summed E-state index contributed by atoms with van der Waals surface area (Å²) in [6.07, 6.45) is 0. The minimum absolute atomic E-state index is 0.338. The third-order valence-corrected chi connectivity index (χ3v) is 7.72. The number of fused-ring (bicyclic) bond motifs is 2. The second-order valence-corrected chi connectivity index (χ2v) is 10.1. The monoisotopic (exact) mass is 590 g/mol. The Morgan fingerprint density at radius 2 is 1.27 bits per heavy atom. The Kier molecular flexibility index (Phi) is 7.41. The van der Waals surface area contributed by atoms with Crippen LogP contribution >= 0.6 is 66.1 Å². The molecule has 0 aliphatic carbocycles. The van der Waals surface area contributed by atoms with Gasteiger partial charge in [0.15, 0.2) is 0 Å². The topological polar surface area (TPSA) is 72.8 Å². The molecule has 2 aromatic carbocycles. The third-order valence-electron chi connectivity index (χ3n) is 3.99. The van der Waals surface area contributed by atoms with Crippen molar-refractivity contribution in [2.24, 2.45) is 0 Å². The standard InChI is InChI=1S/C10H6BrClO2S.C10H7BrO3S/c2*1-14-7-4-8-5(2-6(7)11)3-9(15-8)10(12)13/h2-4H,1H3;2-4H,1H3,(H,12,13). The molecule has 4 aromatic rings. The van der Waals surface area contributed by atoms with Gasteiger partial charge in [-0.15, -0.1) is 22.7 Å². The quantitative estimate of drug-likeness (QED) is 0.250. The molecule has 0 aliphatic rings. The smallest absolute Gasteiger partial charge is 0.345 e. The highest BCUT2D eigenvalue weighted by Crippen LogP contribution is 2.36. The molecule has 4 rings (SSSR count). The highest BCUT2D eigenvalue weighted by atomic mass is 79.9. The number of carbonyl (C=O) groups excluding carboxylic acids is 1. The first-order valence-electron chi connectivity index (χ1n) is 8.20. The van der Waals surface area contributed by atoms with Crippen LogP contribution in [0, 0.1) is 0 Å². The zero-order chi connectivity index (χ0) is 22.0. The molecule has 2 heterocycles. The predicted molar refractivity (Wildman–Crippen MR) is 129 cm³/mol. The number of hydrogen-bond donors (Lipinski definition) is 1. The van der Waals surface area contributed by atoms with Crippen molar-refractivity contribution in [1.82, 2.24) is 0 Å². The minimum Gasteiger partial charge on any atom is -0.496 e. The normalized spacial score (nSPS) is 10.6. The van der Waals surface area contributed by atoms with Crippen LogP contribution in [0.25, 0.3) is 20.2 Å². The van der Waals surface area contributed by atoms with Crippen LogP contribution in [0.5, 0.6) is 11.5 Å². The number of aromatic carboxylic acids is 1. The van der Waals surface area contributed by atoms with Crippen LogP contribution in [0.2, 0.25) is 0 Å². The van der Waals surface area contributed by atoms with Crippen LogP contribution in [-0.4, -0.2) is 30.5 Å². The van der Waals surface area contributed by atoms with Crippen molar-refractivity contribution in [3.05, 3.63) is 55.1 Å². The van der Waals surface area contributed by atoms with E-state index in [1.807, 2.05) is 24.3 Å². The SMILES string of the molecule is COc1cc2sc(C(=O)Cl)cc2cc1Br.COc1cc2sc(C(=O)O)cc2cc1Br. The fraction of sp³-hybridized carbons (Fsp3) is 0.100. The summed E-state index contributed by atoms with van der Waals surface area (Å²) in [5.74, 6) is 0.561. The Morgan fingerprint density at radius 3 is 1.67 bits per heavy atom. The molecule has 0 fully saturated rings. The van der Waals surface area contributed by atoms with Crippen molar-refractivity contribution in [2.45, 2.75) is 0 Å². The van der Waals surface area contributed by atoms with Gasteiger partial charge < -0.3 is 14.6 Å². The molecule has 30 heavy (non-hydrogen) atoms. The first-order chi connectivity index (χ1) is 14.2. The highest BCUT2D eigenvalue weighted by molar-refractivity contribution is 9.11. The first-order valence-corrected chi connectivity index (χ1v) is 11.8. The van der Waals surface area contributed by atoms with Crippen LogP contribution in [0.15, 0.2) is 45.3 Å². The number of methoxy groups -OCH3 is 2. The molecular formula is C20H13Br2ClO5S2. The molecule has 1 N–H and O–H groups in total. The lowest BCUT2D eigenvalue weighted by Crippen LogP contribution is -1.89. The molecule has 0 radical (unpaired) electrons. The molecule has 0 saturated carbocycles. The molecule has 0 aliphatic heterocycles. The van der Waals surface area contributed by atoms with E-state index < -0.39 is 11.2 Å². The van der Waals surface area contributed by atoms with E-state index in [0.717, 1.165) is 34.9 Å². The molecule has 0 unspecified atom stereocenters. The Hall–Kier alpha value is -1.65. The van der Waals surface area contributed by atoms with Crippen molar-refractivity contribution in [1.29, 1.82) is 0 Å². The van der Waals surface area contributed by atoms with Gasteiger partial charge in [-0.25, -0.2) is 4.79 Å². The van der Waals surface area contributed by atoms with Crippen molar-refractivity contribution in [3.8, 4) is 11.5 Å². The van der Waals surface area contributed by atoms with Crippen LogP contribution in [0.1, 0.15) is 19.3 Å². The van der Waals surface area contributed by atoms with E-state index in [4.69, 9.17) is 26.2 Å². The summed E-state index contributed by atoms with van der Waals surface area (Å²) in [6.45, 7) is 0. The zero-order valence-electron chi connectivity index (χ0n) is 15.5. The number of carboxylic acid groups (broad SMARTS) is 1. The molecule has 156 valence electrons. The summed E-state index contributed by atoms with van der Waals surface area (Å²) < 4.78 is 13.9. The summed E-state index contributed by atoms with van der Waals surface area (Å²) in [7, 11) is 3.19. The number of carbonyl (C=O) groups is 2. The van der Waals surface area contributed by atoms with Gasteiger partial charge in [0.25, 0.3) is 5.24 Å². The number of hydrogen-bond acceptors (Lipinski definition) is 6. The second-order valence-electron chi connectivity index (χ2n) is 5.85. The largest absolute Gasteiger partial charge is 0.496 e. The fourth-order valence-corrected chi connectivity index (χ4v) is 5.63. The van der Waals surface area contributed by atoms with Gasteiger partial charge in [-0.1, -0.05) is 0 Å². The number of carboxylic acids is 1. The minimum atomic E-state index is -0.897. The average Bonchev–Trinajstić information content (AvgIpc) is 3.30. The molecule has 2 aromatic heterocycles. The van der Waals surface area contributed by atoms with Gasteiger partial charge in [0.1, 0.15) is 16.4 Å². The number of halogens is 3. The van der Waals surface area contributed by atoms with E-state index in [2.05, 4.69) is 31.9 Å². The van der Waals surface area contributed by atoms with Crippen molar-refractivity contribution in [3.63, 3.8) is 0 Å². The van der Waals surface area contributed by atoms with Gasteiger partial charge in [-0.05, 0) is 90.6 Å². The maximum Gasteiger partial charge on any atom is 0.345 e. The Balaban J connectivity index is 0.000000171. The summed E-state index contributed by atoms with van der Waals surface area (Å²) in [5.41, 5.74) is 0. The summed E-state index contributed by atoms with van der Waals surface area (Å²) >= 11 is 14.8. The Labute approximate surface area is 201 Å². The van der Waals surface area contributed by atoms with E-state index in [9.17, 15) is 9.59 Å². The van der Waals surface area contributed by atoms with Gasteiger partial charge in [-0.2, -0.15) is 0 Å². The predicted octanol–water partition coefficient (Wildman–Crippen LogP) is 7.42. The number of ether oxygens (including phenoxy) is 2. The lowest BCUT2D eigenvalue weighted by molar-refractivity contribution is 0.0702. The average molecular weight is 593 g/mol. The lowest BCUT2D eigenvalue weighted by Gasteiger charge is -2.01. The van der Waals surface area contributed by atoms with Gasteiger partial charge in [0.05, 0.1) is 28.0 Å². The Bertz CT molecular complexity index is 1170. The maximum atomic E-state index is 11.0. The van der Waals surface area contributed by atoms with Crippen molar-refractivity contribution in [2.75, 3.05) is 14.2 Å². The van der Waals surface area contributed by atoms with Gasteiger partial charge in [0, 0.05) is 9.40 Å². The van der Waals surface area contributed by atoms with E-state index in [1.54, 1.807) is 26.4 Å². The van der Waals surface area contributed by atoms with E-state index in [0.29, 0.717) is 15.5 Å². The second kappa shape index (κ2) is 9.65. The molecule has 0 amide bonds. The number of thiophene rings is 2. The summed E-state index contributed by atoms with van der Waals surface area (Å²) in [5, 5.41) is 10.3. The van der Waals surface area contributed by atoms with Gasteiger partial charge in [0.2, 0.25) is 0 Å². The molecule has 0 saturated heterocycles. The first kappa shape index (κ1) is 23.0. The van der Waals surface area contributed by atoms with Gasteiger partial charge >= 0.3 is 5.97 Å². The molecule has 0 bridgehead atoms.